The van der Waals surface area contributed by atoms with Gasteiger partial charge in [-0.1, -0.05) is 25.5 Å². The molecule has 180 valence electrons. The molecule has 9 heteroatoms. The summed E-state index contributed by atoms with van der Waals surface area (Å²) in [6.45, 7) is 7.58. The molecule has 0 aliphatic heterocycles. The highest BCUT2D eigenvalue weighted by atomic mass is 16.6. The van der Waals surface area contributed by atoms with E-state index in [1.807, 2.05) is 6.92 Å². The van der Waals surface area contributed by atoms with Gasteiger partial charge in [-0.25, -0.2) is 9.59 Å². The first-order chi connectivity index (χ1) is 15.1. The average molecular weight is 453 g/mol. The molecule has 9 nitrogen and oxygen atoms in total. The lowest BCUT2D eigenvalue weighted by molar-refractivity contribution is -0.145. The molecule has 2 amide bonds. The first-order valence-electron chi connectivity index (χ1n) is 10.7. The monoisotopic (exact) mass is 452 g/mol. The maximum atomic E-state index is 12.9. The predicted octanol–water partition coefficient (Wildman–Crippen LogP) is 2.61. The van der Waals surface area contributed by atoms with E-state index in [4.69, 9.17) is 18.9 Å². The van der Waals surface area contributed by atoms with E-state index in [1.165, 1.54) is 7.11 Å². The molecule has 0 aliphatic carbocycles. The molecule has 0 unspecified atom stereocenters. The molecule has 1 aromatic rings. The number of unbranched alkanes of at least 4 members (excludes halogenated alkanes) is 1. The van der Waals surface area contributed by atoms with Gasteiger partial charge in [-0.05, 0) is 44.9 Å². The van der Waals surface area contributed by atoms with Crippen LogP contribution < -0.4 is 15.4 Å². The number of alkyl carbamates (subject to hydrolysis) is 1. The van der Waals surface area contributed by atoms with Crippen LogP contribution in [0.4, 0.5) is 4.79 Å². The van der Waals surface area contributed by atoms with Crippen molar-refractivity contribution in [3.8, 4) is 5.75 Å². The maximum Gasteiger partial charge on any atom is 0.408 e. The number of esters is 1. The predicted molar refractivity (Wildman–Crippen MR) is 120 cm³/mol. The summed E-state index contributed by atoms with van der Waals surface area (Å²) in [6.07, 6.45) is 1.21. The number of carbonyl (C=O) groups excluding carboxylic acids is 3. The van der Waals surface area contributed by atoms with Crippen molar-refractivity contribution in [1.29, 1.82) is 0 Å². The van der Waals surface area contributed by atoms with Gasteiger partial charge in [0.25, 0.3) is 0 Å². The average Bonchev–Trinajstić information content (AvgIpc) is 2.73. The zero-order valence-electron chi connectivity index (χ0n) is 19.9. The van der Waals surface area contributed by atoms with Crippen molar-refractivity contribution in [1.82, 2.24) is 10.6 Å². The lowest BCUT2D eigenvalue weighted by Gasteiger charge is -2.25. The summed E-state index contributed by atoms with van der Waals surface area (Å²) in [5.74, 6) is -0.494. The first kappa shape index (κ1) is 27.2. The molecule has 0 bridgehead atoms. The van der Waals surface area contributed by atoms with Gasteiger partial charge in [-0.15, -0.1) is 0 Å². The van der Waals surface area contributed by atoms with E-state index < -0.39 is 35.7 Å². The summed E-state index contributed by atoms with van der Waals surface area (Å²) >= 11 is 0. The van der Waals surface area contributed by atoms with Crippen LogP contribution in [-0.4, -0.2) is 63.1 Å². The van der Waals surface area contributed by atoms with Crippen LogP contribution in [0.1, 0.15) is 46.1 Å². The fourth-order valence-electron chi connectivity index (χ4n) is 2.69. The maximum absolute atomic E-state index is 12.9. The minimum atomic E-state index is -1.04. The third-order valence-corrected chi connectivity index (χ3v) is 4.34. The lowest BCUT2D eigenvalue weighted by atomic mass is 10.1. The fourth-order valence-corrected chi connectivity index (χ4v) is 2.69. The number of nitrogens with one attached hydrogen (secondary N) is 2. The highest BCUT2D eigenvalue weighted by Crippen LogP contribution is 2.13. The Hall–Kier alpha value is -2.81. The molecule has 2 atom stereocenters. The van der Waals surface area contributed by atoms with Crippen LogP contribution in [0, 0.1) is 0 Å². The van der Waals surface area contributed by atoms with Gasteiger partial charge in [-0.3, -0.25) is 4.79 Å². The van der Waals surface area contributed by atoms with Crippen LogP contribution in [0.3, 0.4) is 0 Å². The Balaban J connectivity index is 2.90. The normalized spacial score (nSPS) is 12.9. The van der Waals surface area contributed by atoms with Gasteiger partial charge in [0.15, 0.2) is 0 Å². The molecule has 0 spiro atoms. The van der Waals surface area contributed by atoms with Gasteiger partial charge in [0.1, 0.15) is 23.4 Å². The molecule has 0 heterocycles. The Labute approximate surface area is 190 Å². The van der Waals surface area contributed by atoms with Crippen LogP contribution in [0.5, 0.6) is 5.75 Å². The number of rotatable bonds is 12. The minimum absolute atomic E-state index is 0.0541. The van der Waals surface area contributed by atoms with Gasteiger partial charge in [-0.2, -0.15) is 0 Å². The second-order valence-electron chi connectivity index (χ2n) is 8.26. The van der Waals surface area contributed by atoms with Crippen molar-refractivity contribution in [2.24, 2.45) is 0 Å². The number of amides is 2. The van der Waals surface area contributed by atoms with E-state index in [2.05, 4.69) is 10.6 Å². The molecule has 1 rings (SSSR count). The Kier molecular flexibility index (Phi) is 11.5. The highest BCUT2D eigenvalue weighted by Gasteiger charge is 2.29. The van der Waals surface area contributed by atoms with Crippen molar-refractivity contribution >= 4 is 18.0 Å². The van der Waals surface area contributed by atoms with Crippen molar-refractivity contribution < 1.29 is 33.3 Å². The Morgan fingerprint density at radius 1 is 1.00 bits per heavy atom. The van der Waals surface area contributed by atoms with Gasteiger partial charge < -0.3 is 29.6 Å². The molecule has 0 aliphatic rings. The summed E-state index contributed by atoms with van der Waals surface area (Å²) in [5.41, 5.74) is 0.0780. The number of hydrogen-bond acceptors (Lipinski definition) is 7. The smallest absolute Gasteiger partial charge is 0.408 e. The van der Waals surface area contributed by atoms with Crippen molar-refractivity contribution in [3.63, 3.8) is 0 Å². The van der Waals surface area contributed by atoms with E-state index >= 15 is 0 Å². The number of carbonyl (C=O) groups is 3. The van der Waals surface area contributed by atoms with E-state index in [0.717, 1.165) is 18.4 Å². The Morgan fingerprint density at radius 3 is 2.19 bits per heavy atom. The Morgan fingerprint density at radius 2 is 1.66 bits per heavy atom. The molecule has 2 N–H and O–H groups in total. The third-order valence-electron chi connectivity index (χ3n) is 4.34. The molecule has 0 aromatic heterocycles. The van der Waals surface area contributed by atoms with E-state index in [0.29, 0.717) is 12.4 Å². The zero-order chi connectivity index (χ0) is 24.1. The summed E-state index contributed by atoms with van der Waals surface area (Å²) in [5, 5.41) is 5.18. The largest absolute Gasteiger partial charge is 0.497 e. The second kappa shape index (κ2) is 13.6. The molecular formula is C23H36N2O7. The molecule has 32 heavy (non-hydrogen) atoms. The zero-order valence-corrected chi connectivity index (χ0v) is 19.9. The van der Waals surface area contributed by atoms with Gasteiger partial charge >= 0.3 is 12.1 Å². The highest BCUT2D eigenvalue weighted by molar-refractivity contribution is 5.90. The second-order valence-corrected chi connectivity index (χ2v) is 8.26. The van der Waals surface area contributed by atoms with E-state index in [9.17, 15) is 14.4 Å². The van der Waals surface area contributed by atoms with Crippen LogP contribution in [0.15, 0.2) is 24.3 Å². The summed E-state index contributed by atoms with van der Waals surface area (Å²) in [4.78, 5) is 37.5. The van der Waals surface area contributed by atoms with Crippen molar-refractivity contribution in [2.45, 2.75) is 64.6 Å². The number of ether oxygens (including phenoxy) is 4. The molecule has 0 radical (unpaired) electrons. The number of hydrogen-bond donors (Lipinski definition) is 2. The van der Waals surface area contributed by atoms with Gasteiger partial charge in [0, 0.05) is 13.0 Å². The molecular weight excluding hydrogens is 416 g/mol. The molecule has 0 fully saturated rings. The fraction of sp³-hybridized carbons (Fsp3) is 0.609. The Bertz CT molecular complexity index is 729. The van der Waals surface area contributed by atoms with E-state index in [1.54, 1.807) is 52.1 Å². The molecule has 1 aromatic carbocycles. The van der Waals surface area contributed by atoms with Crippen molar-refractivity contribution in [2.75, 3.05) is 27.4 Å². The van der Waals surface area contributed by atoms with Crippen molar-refractivity contribution in [3.05, 3.63) is 29.8 Å². The van der Waals surface area contributed by atoms with Gasteiger partial charge in [0.05, 0.1) is 20.8 Å². The first-order valence-corrected chi connectivity index (χ1v) is 10.7. The van der Waals surface area contributed by atoms with E-state index in [-0.39, 0.29) is 13.0 Å². The standard InChI is InChI=1S/C23H36N2O7/c1-7-8-13-31-15-19(25-22(28)32-23(2,3)4)20(26)24-18(21(27)30-6)14-16-9-11-17(29-5)12-10-16/h9-12,18-19H,7-8,13-15H2,1-6H3,(H,24,26)(H,25,28)/t18-,19-/m0/s1. The number of methoxy groups -OCH3 is 2. The third kappa shape index (κ3) is 10.5. The van der Waals surface area contributed by atoms with Crippen LogP contribution in [0.2, 0.25) is 0 Å². The minimum Gasteiger partial charge on any atom is -0.497 e. The molecule has 0 saturated heterocycles. The van der Waals surface area contributed by atoms with Crippen LogP contribution in [-0.2, 0) is 30.2 Å². The molecule has 0 saturated carbocycles. The quantitative estimate of drug-likeness (QED) is 0.370. The van der Waals surface area contributed by atoms with Gasteiger partial charge in [0.2, 0.25) is 5.91 Å². The van der Waals surface area contributed by atoms with Crippen LogP contribution in [0.25, 0.3) is 0 Å². The number of benzene rings is 1. The summed E-state index contributed by atoms with van der Waals surface area (Å²) < 4.78 is 20.8. The summed E-state index contributed by atoms with van der Waals surface area (Å²) in [7, 11) is 2.81. The SMILES string of the molecule is CCCCOC[C@H](NC(=O)OC(C)(C)C)C(=O)N[C@@H](Cc1ccc(OC)cc1)C(=O)OC. The topological polar surface area (TPSA) is 112 Å². The lowest BCUT2D eigenvalue weighted by Crippen LogP contribution is -2.54. The summed E-state index contributed by atoms with van der Waals surface area (Å²) in [6, 6.07) is 5.14. The van der Waals surface area contributed by atoms with Crippen LogP contribution >= 0.6 is 0 Å².